The van der Waals surface area contributed by atoms with Crippen molar-refractivity contribution in [2.45, 2.75) is 36.6 Å². The molecule has 0 spiro atoms. The normalized spacial score (nSPS) is 24.0. The van der Waals surface area contributed by atoms with Crippen molar-refractivity contribution in [3.05, 3.63) is 28.7 Å². The van der Waals surface area contributed by atoms with Crippen LogP contribution >= 0.6 is 15.9 Å². The summed E-state index contributed by atoms with van der Waals surface area (Å²) in [6.45, 7) is 0.546. The number of hydrogen-bond donors (Lipinski definition) is 1. The highest BCUT2D eigenvalue weighted by Crippen LogP contribution is 2.30. The molecule has 1 fully saturated rings. The Balaban J connectivity index is 2.26. The topological polar surface area (TPSA) is 63.4 Å². The molecular formula is C14H21BrN2O2S. The zero-order valence-electron chi connectivity index (χ0n) is 11.6. The minimum absolute atomic E-state index is 0.0161. The van der Waals surface area contributed by atoms with Crippen molar-refractivity contribution in [3.8, 4) is 0 Å². The Hall–Kier alpha value is -0.430. The molecule has 0 aromatic heterocycles. The first-order valence-corrected chi connectivity index (χ1v) is 9.14. The third-order valence-corrected chi connectivity index (χ3v) is 6.55. The van der Waals surface area contributed by atoms with Gasteiger partial charge in [-0.15, -0.1) is 0 Å². The molecule has 6 heteroatoms. The number of halogens is 1. The summed E-state index contributed by atoms with van der Waals surface area (Å²) in [7, 11) is -1.76. The molecule has 2 rings (SSSR count). The average Bonchev–Trinajstić information content (AvgIpc) is 2.46. The van der Waals surface area contributed by atoms with Gasteiger partial charge in [-0.25, -0.2) is 8.42 Å². The highest BCUT2D eigenvalue weighted by Gasteiger charge is 2.34. The van der Waals surface area contributed by atoms with Crippen molar-refractivity contribution in [2.75, 3.05) is 13.6 Å². The van der Waals surface area contributed by atoms with Gasteiger partial charge in [-0.3, -0.25) is 0 Å². The van der Waals surface area contributed by atoms with Crippen LogP contribution in [0, 0.1) is 5.92 Å². The maximum Gasteiger partial charge on any atom is 0.243 e. The number of nitrogens with two attached hydrogens (primary N) is 1. The molecule has 112 valence electrons. The first-order valence-electron chi connectivity index (χ1n) is 6.90. The van der Waals surface area contributed by atoms with Crippen LogP contribution in [0.25, 0.3) is 0 Å². The molecule has 0 saturated heterocycles. The molecule has 2 unspecified atom stereocenters. The molecule has 0 radical (unpaired) electrons. The second kappa shape index (κ2) is 6.56. The standard InChI is InChI=1S/C14H21BrN2O2S/c1-17(14-5-3-2-4-11(14)10-16)20(18,19)13-8-6-12(15)7-9-13/h6-9,11,14H,2-5,10,16H2,1H3. The fourth-order valence-corrected chi connectivity index (χ4v) is 4.60. The van der Waals surface area contributed by atoms with Crippen LogP contribution in [-0.2, 0) is 10.0 Å². The lowest BCUT2D eigenvalue weighted by Gasteiger charge is -2.36. The number of hydrogen-bond acceptors (Lipinski definition) is 3. The summed E-state index contributed by atoms with van der Waals surface area (Å²) in [5, 5.41) is 0. The summed E-state index contributed by atoms with van der Waals surface area (Å²) < 4.78 is 27.7. The number of benzene rings is 1. The van der Waals surface area contributed by atoms with E-state index in [1.165, 1.54) is 4.31 Å². The minimum atomic E-state index is -3.44. The predicted molar refractivity (Wildman–Crippen MR) is 83.9 cm³/mol. The van der Waals surface area contributed by atoms with Crippen molar-refractivity contribution >= 4 is 26.0 Å². The molecule has 20 heavy (non-hydrogen) atoms. The molecule has 0 heterocycles. The summed E-state index contributed by atoms with van der Waals surface area (Å²) in [5.41, 5.74) is 5.81. The lowest BCUT2D eigenvalue weighted by Crippen LogP contribution is -2.45. The van der Waals surface area contributed by atoms with E-state index >= 15 is 0 Å². The van der Waals surface area contributed by atoms with E-state index in [1.54, 1.807) is 31.3 Å². The molecule has 0 amide bonds. The average molecular weight is 361 g/mol. The third-order valence-electron chi connectivity index (χ3n) is 4.13. The number of nitrogens with zero attached hydrogens (tertiary/aromatic N) is 1. The Morgan fingerprint density at radius 1 is 1.25 bits per heavy atom. The van der Waals surface area contributed by atoms with Gasteiger partial charge < -0.3 is 5.73 Å². The van der Waals surface area contributed by atoms with Crippen LogP contribution in [0.5, 0.6) is 0 Å². The second-order valence-electron chi connectivity index (χ2n) is 5.32. The van der Waals surface area contributed by atoms with E-state index < -0.39 is 10.0 Å². The second-order valence-corrected chi connectivity index (χ2v) is 8.24. The third kappa shape index (κ3) is 3.24. The van der Waals surface area contributed by atoms with E-state index in [9.17, 15) is 8.42 Å². The van der Waals surface area contributed by atoms with Gasteiger partial charge in [-0.05, 0) is 49.6 Å². The van der Waals surface area contributed by atoms with Gasteiger partial charge in [0.2, 0.25) is 10.0 Å². The molecule has 1 aliphatic carbocycles. The molecule has 1 saturated carbocycles. The molecule has 1 aromatic rings. The summed E-state index contributed by atoms with van der Waals surface area (Å²) in [6, 6.07) is 6.79. The molecule has 1 aliphatic rings. The van der Waals surface area contributed by atoms with Crippen molar-refractivity contribution < 1.29 is 8.42 Å². The number of rotatable bonds is 4. The van der Waals surface area contributed by atoms with Crippen molar-refractivity contribution in [2.24, 2.45) is 11.7 Å². The van der Waals surface area contributed by atoms with E-state index in [2.05, 4.69) is 15.9 Å². The Labute approximate surface area is 129 Å². The Bertz CT molecular complexity index is 545. The van der Waals surface area contributed by atoms with E-state index in [4.69, 9.17) is 5.73 Å². The van der Waals surface area contributed by atoms with Crippen LogP contribution in [0.15, 0.2) is 33.6 Å². The fourth-order valence-electron chi connectivity index (χ4n) is 2.89. The van der Waals surface area contributed by atoms with Crippen LogP contribution < -0.4 is 5.73 Å². The Morgan fingerprint density at radius 3 is 2.45 bits per heavy atom. The molecule has 0 bridgehead atoms. The SMILES string of the molecule is CN(C1CCCCC1CN)S(=O)(=O)c1ccc(Br)cc1. The van der Waals surface area contributed by atoms with Crippen LogP contribution in [-0.4, -0.2) is 32.4 Å². The maximum absolute atomic E-state index is 12.7. The molecular weight excluding hydrogens is 340 g/mol. The molecule has 4 nitrogen and oxygen atoms in total. The first kappa shape index (κ1) is 15.9. The maximum atomic E-state index is 12.7. The van der Waals surface area contributed by atoms with Gasteiger partial charge >= 0.3 is 0 Å². The van der Waals surface area contributed by atoms with Crippen LogP contribution in [0.1, 0.15) is 25.7 Å². The predicted octanol–water partition coefficient (Wildman–Crippen LogP) is 2.59. The Morgan fingerprint density at radius 2 is 1.85 bits per heavy atom. The van der Waals surface area contributed by atoms with Gasteiger partial charge in [0.25, 0.3) is 0 Å². The van der Waals surface area contributed by atoms with E-state index in [-0.39, 0.29) is 12.0 Å². The molecule has 1 aromatic carbocycles. The quantitative estimate of drug-likeness (QED) is 0.897. The fraction of sp³-hybridized carbons (Fsp3) is 0.571. The van der Waals surface area contributed by atoms with Crippen LogP contribution in [0.4, 0.5) is 0 Å². The number of sulfonamides is 1. The highest BCUT2D eigenvalue weighted by atomic mass is 79.9. The molecule has 2 atom stereocenters. The van der Waals surface area contributed by atoms with Gasteiger partial charge in [0.1, 0.15) is 0 Å². The van der Waals surface area contributed by atoms with Gasteiger partial charge in [-0.2, -0.15) is 4.31 Å². The highest BCUT2D eigenvalue weighted by molar-refractivity contribution is 9.10. The smallest absolute Gasteiger partial charge is 0.243 e. The van der Waals surface area contributed by atoms with Crippen molar-refractivity contribution in [1.29, 1.82) is 0 Å². The van der Waals surface area contributed by atoms with Gasteiger partial charge in [0.05, 0.1) is 4.90 Å². The lowest BCUT2D eigenvalue weighted by molar-refractivity contribution is 0.204. The van der Waals surface area contributed by atoms with Crippen LogP contribution in [0.2, 0.25) is 0 Å². The summed E-state index contributed by atoms with van der Waals surface area (Å²) >= 11 is 3.32. The van der Waals surface area contributed by atoms with Crippen molar-refractivity contribution in [3.63, 3.8) is 0 Å². The van der Waals surface area contributed by atoms with Gasteiger partial charge in [0.15, 0.2) is 0 Å². The summed E-state index contributed by atoms with van der Waals surface area (Å²) in [6.07, 6.45) is 4.13. The zero-order valence-corrected chi connectivity index (χ0v) is 14.0. The Kier molecular flexibility index (Phi) is 5.23. The van der Waals surface area contributed by atoms with E-state index in [1.807, 2.05) is 0 Å². The van der Waals surface area contributed by atoms with Gasteiger partial charge in [-0.1, -0.05) is 28.8 Å². The molecule has 2 N–H and O–H groups in total. The first-order chi connectivity index (χ1) is 9.46. The van der Waals surface area contributed by atoms with E-state index in [0.717, 1.165) is 30.2 Å². The summed E-state index contributed by atoms with van der Waals surface area (Å²) in [5.74, 6) is 0.263. The monoisotopic (exact) mass is 360 g/mol. The molecule has 0 aliphatic heterocycles. The largest absolute Gasteiger partial charge is 0.330 e. The van der Waals surface area contributed by atoms with Gasteiger partial charge in [0, 0.05) is 17.6 Å². The van der Waals surface area contributed by atoms with Crippen molar-refractivity contribution in [1.82, 2.24) is 4.31 Å². The summed E-state index contributed by atoms with van der Waals surface area (Å²) in [4.78, 5) is 0.338. The zero-order chi connectivity index (χ0) is 14.8. The minimum Gasteiger partial charge on any atom is -0.330 e. The van der Waals surface area contributed by atoms with Crippen LogP contribution in [0.3, 0.4) is 0 Å². The lowest BCUT2D eigenvalue weighted by atomic mass is 9.85. The van der Waals surface area contributed by atoms with E-state index in [0.29, 0.717) is 11.4 Å².